The SMILES string of the molecule is COC(=O)CN(C)C(=O)c1cnc[nH]1. The Balaban J connectivity index is 2.58. The molecule has 1 rings (SSSR count). The molecule has 0 saturated heterocycles. The summed E-state index contributed by atoms with van der Waals surface area (Å²) in [6.45, 7) is -0.0750. The van der Waals surface area contributed by atoms with Gasteiger partial charge in [0.05, 0.1) is 19.6 Å². The molecule has 0 aromatic carbocycles. The number of likely N-dealkylation sites (N-methyl/N-ethyl adjacent to an activating group) is 1. The number of carbonyl (C=O) groups is 2. The number of methoxy groups -OCH3 is 1. The fourth-order valence-electron chi connectivity index (χ4n) is 0.908. The highest BCUT2D eigenvalue weighted by molar-refractivity contribution is 5.93. The van der Waals surface area contributed by atoms with Crippen LogP contribution in [0.5, 0.6) is 0 Å². The smallest absolute Gasteiger partial charge is 0.325 e. The standard InChI is InChI=1S/C8H11N3O3/c1-11(4-7(12)14-2)8(13)6-3-9-5-10-6/h3,5H,4H2,1-2H3,(H,9,10). The van der Waals surface area contributed by atoms with E-state index < -0.39 is 5.97 Å². The number of amides is 1. The topological polar surface area (TPSA) is 75.3 Å². The molecule has 14 heavy (non-hydrogen) atoms. The zero-order valence-corrected chi connectivity index (χ0v) is 7.98. The minimum Gasteiger partial charge on any atom is -0.468 e. The summed E-state index contributed by atoms with van der Waals surface area (Å²) in [5.74, 6) is -0.756. The van der Waals surface area contributed by atoms with Crippen LogP contribution in [0.2, 0.25) is 0 Å². The van der Waals surface area contributed by atoms with Crippen molar-refractivity contribution in [2.75, 3.05) is 20.7 Å². The summed E-state index contributed by atoms with van der Waals surface area (Å²) >= 11 is 0. The van der Waals surface area contributed by atoms with Crippen molar-refractivity contribution in [3.8, 4) is 0 Å². The number of esters is 1. The van der Waals surface area contributed by atoms with Gasteiger partial charge in [0.15, 0.2) is 0 Å². The van der Waals surface area contributed by atoms with Crippen LogP contribution in [-0.4, -0.2) is 47.4 Å². The minimum atomic E-state index is -0.458. The molecular formula is C8H11N3O3. The van der Waals surface area contributed by atoms with Gasteiger partial charge in [-0.2, -0.15) is 0 Å². The van der Waals surface area contributed by atoms with E-state index in [2.05, 4.69) is 14.7 Å². The van der Waals surface area contributed by atoms with Gasteiger partial charge in [-0.1, -0.05) is 0 Å². The van der Waals surface area contributed by atoms with E-state index in [1.165, 1.54) is 31.6 Å². The van der Waals surface area contributed by atoms with E-state index in [-0.39, 0.29) is 12.5 Å². The number of H-pyrrole nitrogens is 1. The Labute approximate surface area is 80.9 Å². The summed E-state index contributed by atoms with van der Waals surface area (Å²) in [5, 5.41) is 0. The van der Waals surface area contributed by atoms with Crippen molar-refractivity contribution in [3.63, 3.8) is 0 Å². The molecule has 0 bridgehead atoms. The molecule has 0 aliphatic heterocycles. The van der Waals surface area contributed by atoms with Crippen LogP contribution >= 0.6 is 0 Å². The van der Waals surface area contributed by atoms with Crippen molar-refractivity contribution in [2.45, 2.75) is 0 Å². The van der Waals surface area contributed by atoms with Gasteiger partial charge in [0.25, 0.3) is 5.91 Å². The molecule has 0 fully saturated rings. The predicted molar refractivity (Wildman–Crippen MR) is 47.6 cm³/mol. The Bertz CT molecular complexity index is 321. The normalized spacial score (nSPS) is 9.57. The summed E-state index contributed by atoms with van der Waals surface area (Å²) in [7, 11) is 2.79. The first-order valence-corrected chi connectivity index (χ1v) is 3.95. The first-order valence-electron chi connectivity index (χ1n) is 3.95. The number of aromatic nitrogens is 2. The molecule has 0 saturated carbocycles. The van der Waals surface area contributed by atoms with E-state index in [9.17, 15) is 9.59 Å². The molecule has 6 nitrogen and oxygen atoms in total. The van der Waals surface area contributed by atoms with Gasteiger partial charge < -0.3 is 14.6 Å². The third-order valence-electron chi connectivity index (χ3n) is 1.67. The van der Waals surface area contributed by atoms with Crippen LogP contribution in [-0.2, 0) is 9.53 Å². The summed E-state index contributed by atoms with van der Waals surface area (Å²) in [6, 6.07) is 0. The fourth-order valence-corrected chi connectivity index (χ4v) is 0.908. The Morgan fingerprint density at radius 3 is 2.86 bits per heavy atom. The lowest BCUT2D eigenvalue weighted by Crippen LogP contribution is -2.32. The predicted octanol–water partition coefficient (Wildman–Crippen LogP) is -0.345. The van der Waals surface area contributed by atoms with Gasteiger partial charge in [0.2, 0.25) is 0 Å². The van der Waals surface area contributed by atoms with Crippen LogP contribution in [0.1, 0.15) is 10.5 Å². The first-order chi connectivity index (χ1) is 6.65. The Kier molecular flexibility index (Phi) is 3.22. The molecule has 1 heterocycles. The number of ether oxygens (including phenoxy) is 1. The number of hydrogen-bond donors (Lipinski definition) is 1. The maximum absolute atomic E-state index is 11.5. The van der Waals surface area contributed by atoms with Crippen molar-refractivity contribution in [3.05, 3.63) is 18.2 Å². The largest absolute Gasteiger partial charge is 0.468 e. The van der Waals surface area contributed by atoms with Crippen LogP contribution < -0.4 is 0 Å². The number of hydrogen-bond acceptors (Lipinski definition) is 4. The molecule has 0 spiro atoms. The van der Waals surface area contributed by atoms with Gasteiger partial charge in [0.1, 0.15) is 12.2 Å². The molecule has 0 radical (unpaired) electrons. The third kappa shape index (κ3) is 2.32. The summed E-state index contributed by atoms with van der Waals surface area (Å²) in [6.07, 6.45) is 2.80. The summed E-state index contributed by atoms with van der Waals surface area (Å²) in [5.41, 5.74) is 0.344. The molecular weight excluding hydrogens is 186 g/mol. The number of nitrogens with zero attached hydrogens (tertiary/aromatic N) is 2. The zero-order chi connectivity index (χ0) is 10.6. The second-order valence-electron chi connectivity index (χ2n) is 2.70. The van der Waals surface area contributed by atoms with Crippen LogP contribution in [0.25, 0.3) is 0 Å². The molecule has 76 valence electrons. The quantitative estimate of drug-likeness (QED) is 0.672. The molecule has 1 amide bonds. The molecule has 6 heteroatoms. The Morgan fingerprint density at radius 1 is 1.64 bits per heavy atom. The first kappa shape index (κ1) is 10.2. The van der Waals surface area contributed by atoms with Gasteiger partial charge in [-0.25, -0.2) is 4.98 Å². The maximum atomic E-state index is 11.5. The number of rotatable bonds is 3. The highest BCUT2D eigenvalue weighted by atomic mass is 16.5. The molecule has 0 aliphatic carbocycles. The van der Waals surface area contributed by atoms with Gasteiger partial charge in [-0.15, -0.1) is 0 Å². The van der Waals surface area contributed by atoms with Crippen LogP contribution in [0.15, 0.2) is 12.5 Å². The van der Waals surface area contributed by atoms with Crippen molar-refractivity contribution in [2.24, 2.45) is 0 Å². The fraction of sp³-hybridized carbons (Fsp3) is 0.375. The minimum absolute atomic E-state index is 0.0750. The van der Waals surface area contributed by atoms with Crippen molar-refractivity contribution < 1.29 is 14.3 Å². The Hall–Kier alpha value is -1.85. The molecule has 1 N–H and O–H groups in total. The molecule has 1 aromatic heterocycles. The van der Waals surface area contributed by atoms with Gasteiger partial charge in [-0.05, 0) is 0 Å². The number of carbonyl (C=O) groups excluding carboxylic acids is 2. The molecule has 0 aliphatic rings. The second kappa shape index (κ2) is 4.40. The lowest BCUT2D eigenvalue weighted by Gasteiger charge is -2.13. The van der Waals surface area contributed by atoms with E-state index in [4.69, 9.17) is 0 Å². The average molecular weight is 197 g/mol. The summed E-state index contributed by atoms with van der Waals surface area (Å²) < 4.78 is 4.43. The van der Waals surface area contributed by atoms with E-state index in [0.717, 1.165) is 0 Å². The van der Waals surface area contributed by atoms with Crippen molar-refractivity contribution in [1.29, 1.82) is 0 Å². The van der Waals surface area contributed by atoms with E-state index in [1.807, 2.05) is 0 Å². The van der Waals surface area contributed by atoms with Crippen LogP contribution in [0, 0.1) is 0 Å². The van der Waals surface area contributed by atoms with Gasteiger partial charge in [0, 0.05) is 7.05 Å². The molecule has 1 aromatic rings. The van der Waals surface area contributed by atoms with Crippen LogP contribution in [0.3, 0.4) is 0 Å². The average Bonchev–Trinajstić information content (AvgIpc) is 2.69. The third-order valence-corrected chi connectivity index (χ3v) is 1.67. The van der Waals surface area contributed by atoms with E-state index in [1.54, 1.807) is 0 Å². The zero-order valence-electron chi connectivity index (χ0n) is 7.98. The van der Waals surface area contributed by atoms with E-state index in [0.29, 0.717) is 5.69 Å². The van der Waals surface area contributed by atoms with Crippen molar-refractivity contribution >= 4 is 11.9 Å². The molecule has 0 unspecified atom stereocenters. The van der Waals surface area contributed by atoms with Gasteiger partial charge in [-0.3, -0.25) is 9.59 Å². The Morgan fingerprint density at radius 2 is 2.36 bits per heavy atom. The highest BCUT2D eigenvalue weighted by Gasteiger charge is 2.15. The van der Waals surface area contributed by atoms with Crippen LogP contribution in [0.4, 0.5) is 0 Å². The lowest BCUT2D eigenvalue weighted by atomic mass is 10.4. The highest BCUT2D eigenvalue weighted by Crippen LogP contribution is 1.97. The number of nitrogens with one attached hydrogen (secondary N) is 1. The second-order valence-corrected chi connectivity index (χ2v) is 2.70. The van der Waals surface area contributed by atoms with Gasteiger partial charge >= 0.3 is 5.97 Å². The maximum Gasteiger partial charge on any atom is 0.325 e. The summed E-state index contributed by atoms with van der Waals surface area (Å²) in [4.78, 5) is 30.0. The lowest BCUT2D eigenvalue weighted by molar-refractivity contribution is -0.141. The van der Waals surface area contributed by atoms with Crippen molar-refractivity contribution in [1.82, 2.24) is 14.9 Å². The number of imidazole rings is 1. The molecule has 0 atom stereocenters. The van der Waals surface area contributed by atoms with E-state index >= 15 is 0 Å². The monoisotopic (exact) mass is 197 g/mol. The number of aromatic amines is 1.